The molecule has 35 heavy (non-hydrogen) atoms. The monoisotopic (exact) mass is 548 g/mol. The van der Waals surface area contributed by atoms with Crippen LogP contribution >= 0.6 is 15.9 Å². The van der Waals surface area contributed by atoms with Gasteiger partial charge in [0.1, 0.15) is 11.6 Å². The second-order valence-electron chi connectivity index (χ2n) is 9.26. The largest absolute Gasteiger partial charge is 0.356 e. The van der Waals surface area contributed by atoms with E-state index < -0.39 is 30.5 Å². The van der Waals surface area contributed by atoms with Crippen molar-refractivity contribution in [3.63, 3.8) is 0 Å². The number of hydrogen-bond donors (Lipinski definition) is 2. The summed E-state index contributed by atoms with van der Waals surface area (Å²) in [4.78, 5) is 34.9. The second kappa shape index (κ2) is 9.49. The van der Waals surface area contributed by atoms with E-state index in [0.717, 1.165) is 17.8 Å². The van der Waals surface area contributed by atoms with Crippen molar-refractivity contribution >= 4 is 33.6 Å². The minimum absolute atomic E-state index is 0.106. The molecule has 6 nitrogen and oxygen atoms in total. The van der Waals surface area contributed by atoms with Crippen molar-refractivity contribution in [2.75, 3.05) is 18.9 Å². The number of nitrogens with one attached hydrogen (secondary N) is 2. The summed E-state index contributed by atoms with van der Waals surface area (Å²) in [6, 6.07) is 8.22. The fourth-order valence-corrected chi connectivity index (χ4v) is 5.15. The molecule has 3 heterocycles. The molecule has 4 rings (SSSR count). The van der Waals surface area contributed by atoms with Gasteiger partial charge in [0.25, 0.3) is 5.91 Å². The lowest BCUT2D eigenvalue weighted by molar-refractivity contribution is -0.118. The van der Waals surface area contributed by atoms with Crippen LogP contribution < -0.4 is 5.32 Å². The Labute approximate surface area is 209 Å². The Bertz CT molecular complexity index is 1270. The van der Waals surface area contributed by atoms with Crippen molar-refractivity contribution < 1.29 is 22.8 Å². The SMILES string of the molecule is CN1CC(C)(C)c2[nH]c(-c3ccnc(NC(=O)[C@H](CC(F)F)c4ccc(F)cc4)c3)c(Br)c2C1=O. The quantitative estimate of drug-likeness (QED) is 0.413. The van der Waals surface area contributed by atoms with Gasteiger partial charge in [-0.05, 0) is 45.8 Å². The number of carbonyl (C=O) groups excluding carboxylic acids is 2. The van der Waals surface area contributed by atoms with Crippen LogP contribution in [0.5, 0.6) is 0 Å². The van der Waals surface area contributed by atoms with E-state index in [0.29, 0.717) is 27.8 Å². The van der Waals surface area contributed by atoms with Gasteiger partial charge < -0.3 is 15.2 Å². The first-order valence-electron chi connectivity index (χ1n) is 11.0. The van der Waals surface area contributed by atoms with E-state index in [-0.39, 0.29) is 22.7 Å². The predicted molar refractivity (Wildman–Crippen MR) is 130 cm³/mol. The fourth-order valence-electron chi connectivity index (χ4n) is 4.45. The second-order valence-corrected chi connectivity index (χ2v) is 10.1. The molecule has 3 aromatic rings. The maximum atomic E-state index is 13.3. The number of pyridine rings is 1. The number of fused-ring (bicyclic) bond motifs is 1. The molecule has 0 radical (unpaired) electrons. The van der Waals surface area contributed by atoms with E-state index in [2.05, 4.69) is 31.2 Å². The number of H-pyrrole nitrogens is 1. The van der Waals surface area contributed by atoms with Gasteiger partial charge in [0.05, 0.1) is 21.6 Å². The molecule has 1 atom stereocenters. The van der Waals surface area contributed by atoms with E-state index >= 15 is 0 Å². The number of anilines is 1. The summed E-state index contributed by atoms with van der Waals surface area (Å²) < 4.78 is 40.3. The van der Waals surface area contributed by atoms with Crippen molar-refractivity contribution in [1.29, 1.82) is 0 Å². The summed E-state index contributed by atoms with van der Waals surface area (Å²) in [6.45, 7) is 4.63. The lowest BCUT2D eigenvalue weighted by atomic mass is 9.83. The lowest BCUT2D eigenvalue weighted by Gasteiger charge is -2.35. The smallest absolute Gasteiger partial charge is 0.256 e. The molecule has 0 spiro atoms. The molecule has 1 aromatic carbocycles. The molecular weight excluding hydrogens is 525 g/mol. The van der Waals surface area contributed by atoms with Crippen LogP contribution in [0.4, 0.5) is 19.0 Å². The number of nitrogens with zero attached hydrogens (tertiary/aromatic N) is 2. The molecule has 0 saturated heterocycles. The minimum Gasteiger partial charge on any atom is -0.356 e. The zero-order chi connectivity index (χ0) is 25.5. The Hall–Kier alpha value is -3.14. The molecule has 1 aliphatic heterocycles. The van der Waals surface area contributed by atoms with Crippen LogP contribution in [0.15, 0.2) is 47.1 Å². The van der Waals surface area contributed by atoms with Crippen molar-refractivity contribution in [3.05, 3.63) is 69.7 Å². The number of aromatic amines is 1. The summed E-state index contributed by atoms with van der Waals surface area (Å²) in [7, 11) is 1.75. The molecule has 10 heteroatoms. The van der Waals surface area contributed by atoms with Crippen molar-refractivity contribution in [3.8, 4) is 11.3 Å². The van der Waals surface area contributed by atoms with Crippen LogP contribution in [0, 0.1) is 5.82 Å². The number of rotatable bonds is 6. The first kappa shape index (κ1) is 25.0. The number of carbonyl (C=O) groups is 2. The lowest BCUT2D eigenvalue weighted by Crippen LogP contribution is -2.44. The number of amides is 2. The molecule has 0 bridgehead atoms. The molecule has 0 unspecified atom stereocenters. The molecule has 2 amide bonds. The Morgan fingerprint density at radius 1 is 1.26 bits per heavy atom. The first-order chi connectivity index (χ1) is 16.5. The van der Waals surface area contributed by atoms with Gasteiger partial charge >= 0.3 is 0 Å². The van der Waals surface area contributed by atoms with Crippen molar-refractivity contribution in [2.45, 2.75) is 38.0 Å². The van der Waals surface area contributed by atoms with Crippen LogP contribution in [0.3, 0.4) is 0 Å². The average Bonchev–Trinajstić information content (AvgIpc) is 3.15. The van der Waals surface area contributed by atoms with Gasteiger partial charge in [-0.3, -0.25) is 9.59 Å². The first-order valence-corrected chi connectivity index (χ1v) is 11.8. The van der Waals surface area contributed by atoms with Crippen LogP contribution in [0.1, 0.15) is 47.8 Å². The van der Waals surface area contributed by atoms with Gasteiger partial charge in [-0.25, -0.2) is 18.2 Å². The number of hydrogen-bond acceptors (Lipinski definition) is 3. The Balaban J connectivity index is 1.65. The van der Waals surface area contributed by atoms with Gasteiger partial charge in [0.2, 0.25) is 12.3 Å². The maximum absolute atomic E-state index is 13.3. The van der Waals surface area contributed by atoms with E-state index in [1.807, 2.05) is 13.8 Å². The van der Waals surface area contributed by atoms with Crippen LogP contribution in [-0.4, -0.2) is 46.7 Å². The van der Waals surface area contributed by atoms with Gasteiger partial charge in [0, 0.05) is 42.9 Å². The van der Waals surface area contributed by atoms with E-state index in [4.69, 9.17) is 0 Å². The highest BCUT2D eigenvalue weighted by Crippen LogP contribution is 2.41. The van der Waals surface area contributed by atoms with Gasteiger partial charge in [0.15, 0.2) is 0 Å². The van der Waals surface area contributed by atoms with Crippen LogP contribution in [0.2, 0.25) is 0 Å². The van der Waals surface area contributed by atoms with E-state index in [9.17, 15) is 22.8 Å². The zero-order valence-electron chi connectivity index (χ0n) is 19.3. The Kier molecular flexibility index (Phi) is 6.77. The maximum Gasteiger partial charge on any atom is 0.256 e. The van der Waals surface area contributed by atoms with Crippen LogP contribution in [0.25, 0.3) is 11.3 Å². The molecular formula is C25H24BrF3N4O2. The normalized spacial score (nSPS) is 15.8. The number of halogens is 4. The number of alkyl halides is 2. The van der Waals surface area contributed by atoms with Crippen LogP contribution in [-0.2, 0) is 10.2 Å². The number of likely N-dealkylation sites (N-methyl/N-ethyl adjacent to an activating group) is 1. The third kappa shape index (κ3) is 4.98. The fraction of sp³-hybridized carbons (Fsp3) is 0.320. The van der Waals surface area contributed by atoms with Gasteiger partial charge in [-0.15, -0.1) is 0 Å². The molecule has 0 aliphatic carbocycles. The Morgan fingerprint density at radius 3 is 2.60 bits per heavy atom. The summed E-state index contributed by atoms with van der Waals surface area (Å²) in [5.74, 6) is -2.32. The van der Waals surface area contributed by atoms with Crippen molar-refractivity contribution in [2.24, 2.45) is 0 Å². The number of aromatic nitrogens is 2. The van der Waals surface area contributed by atoms with Gasteiger partial charge in [-0.1, -0.05) is 26.0 Å². The molecule has 2 aromatic heterocycles. The molecule has 0 fully saturated rings. The third-order valence-corrected chi connectivity index (χ3v) is 6.90. The summed E-state index contributed by atoms with van der Waals surface area (Å²) >= 11 is 3.55. The molecule has 1 aliphatic rings. The molecule has 0 saturated carbocycles. The summed E-state index contributed by atoms with van der Waals surface area (Å²) in [5.41, 5.74) is 2.63. The summed E-state index contributed by atoms with van der Waals surface area (Å²) in [5, 5.41) is 2.60. The standard InChI is InChI=1S/C25H24BrF3N4O2/c1-25(2)12-33(3)24(35)19-20(26)21(32-22(19)25)14-8-9-30-18(10-14)31-23(34)16(11-17(28)29)13-4-6-15(27)7-5-13/h4-10,16-17,32H,11-12H2,1-3H3,(H,30,31,34)/t16-/m1/s1. The molecule has 184 valence electrons. The van der Waals surface area contributed by atoms with E-state index in [1.165, 1.54) is 18.3 Å². The van der Waals surface area contributed by atoms with E-state index in [1.54, 1.807) is 24.1 Å². The topological polar surface area (TPSA) is 78.1 Å². The highest BCUT2D eigenvalue weighted by molar-refractivity contribution is 9.10. The zero-order valence-corrected chi connectivity index (χ0v) is 20.9. The minimum atomic E-state index is -2.73. The Morgan fingerprint density at radius 2 is 1.94 bits per heavy atom. The highest BCUT2D eigenvalue weighted by Gasteiger charge is 2.39. The number of benzene rings is 1. The van der Waals surface area contributed by atoms with Crippen molar-refractivity contribution in [1.82, 2.24) is 14.9 Å². The summed E-state index contributed by atoms with van der Waals surface area (Å²) in [6.07, 6.45) is -1.96. The predicted octanol–water partition coefficient (Wildman–Crippen LogP) is 5.72. The highest BCUT2D eigenvalue weighted by atomic mass is 79.9. The third-order valence-electron chi connectivity index (χ3n) is 6.11. The molecule has 2 N–H and O–H groups in total. The van der Waals surface area contributed by atoms with Gasteiger partial charge in [-0.2, -0.15) is 0 Å². The average molecular weight is 549 g/mol.